The number of amides is 2. The Morgan fingerprint density at radius 2 is 1.08 bits per heavy atom. The number of esters is 2. The zero-order valence-corrected chi connectivity index (χ0v) is 34.4. The van der Waals surface area contributed by atoms with E-state index in [2.05, 4.69) is 0 Å². The molecular weight excluding hydrogens is 769 g/mol. The Morgan fingerprint density at radius 1 is 0.574 bits per heavy atom. The van der Waals surface area contributed by atoms with Crippen LogP contribution in [0, 0.1) is 13.8 Å². The minimum absolute atomic E-state index is 0.0916. The molecule has 0 spiro atoms. The Morgan fingerprint density at radius 3 is 1.59 bits per heavy atom. The van der Waals surface area contributed by atoms with E-state index >= 15 is 0 Å². The molecule has 0 radical (unpaired) electrons. The van der Waals surface area contributed by atoms with Gasteiger partial charge in [-0.3, -0.25) is 19.2 Å². The standard InChI is InChI=1S/C50H46N4O7/c1-31-28-36(49(51)57)14-20-40(31)47-42(33-10-16-38(59-3)17-11-33)22-25-53(47)26-24-45(55)61-46(56)30-44(35-8-6-5-7-9-35)54-27-23-43(34-12-18-39(60-4)19-13-34)48(54)41-21-15-37(50(52)58)29-32(41)2/h5-23,25,27-29,44H,24,26,30H2,1-4H3,(H2,51,57)(H2,52,58). The maximum atomic E-state index is 13.9. The summed E-state index contributed by atoms with van der Waals surface area (Å²) in [6, 6.07) is 38.9. The lowest BCUT2D eigenvalue weighted by molar-refractivity contribution is -0.160. The Kier molecular flexibility index (Phi) is 12.3. The van der Waals surface area contributed by atoms with Gasteiger partial charge < -0.3 is 34.8 Å². The van der Waals surface area contributed by atoms with E-state index in [1.165, 1.54) is 0 Å². The summed E-state index contributed by atoms with van der Waals surface area (Å²) in [7, 11) is 3.22. The number of nitrogens with zero attached hydrogens (tertiary/aromatic N) is 2. The SMILES string of the molecule is COc1ccc(-c2ccn(CCC(=O)OC(=O)CC(c3ccccc3)n3ccc(-c4ccc(OC)cc4)c3-c3ccc(C(N)=O)cc3C)c2-c2ccc(C(N)=O)cc2C)cc1. The number of hydrogen-bond acceptors (Lipinski definition) is 7. The van der Waals surface area contributed by atoms with Crippen LogP contribution in [-0.2, 0) is 20.9 Å². The third-order valence-corrected chi connectivity index (χ3v) is 10.9. The fourth-order valence-corrected chi connectivity index (χ4v) is 7.76. The van der Waals surface area contributed by atoms with E-state index in [-0.39, 0.29) is 19.4 Å². The molecule has 0 saturated heterocycles. The molecule has 7 aromatic rings. The molecule has 11 nitrogen and oxygen atoms in total. The van der Waals surface area contributed by atoms with E-state index < -0.39 is 29.8 Å². The van der Waals surface area contributed by atoms with E-state index in [1.807, 2.05) is 139 Å². The van der Waals surface area contributed by atoms with E-state index in [1.54, 1.807) is 38.5 Å². The van der Waals surface area contributed by atoms with Gasteiger partial charge in [-0.25, -0.2) is 0 Å². The Labute approximate surface area is 354 Å². The second-order valence-electron chi connectivity index (χ2n) is 14.7. The molecule has 5 aromatic carbocycles. The van der Waals surface area contributed by atoms with Crippen molar-refractivity contribution in [2.24, 2.45) is 11.5 Å². The Hall–Kier alpha value is -7.66. The average Bonchev–Trinajstić information content (AvgIpc) is 3.90. The first kappa shape index (κ1) is 41.5. The number of hydrogen-bond donors (Lipinski definition) is 2. The molecule has 4 N–H and O–H groups in total. The first-order valence-electron chi connectivity index (χ1n) is 19.7. The first-order valence-corrected chi connectivity index (χ1v) is 19.7. The molecule has 0 aliphatic carbocycles. The number of methoxy groups -OCH3 is 2. The summed E-state index contributed by atoms with van der Waals surface area (Å²) in [5.41, 5.74) is 21.4. The van der Waals surface area contributed by atoms with Crippen molar-refractivity contribution in [2.75, 3.05) is 14.2 Å². The van der Waals surface area contributed by atoms with Gasteiger partial charge in [-0.05, 0) is 102 Å². The summed E-state index contributed by atoms with van der Waals surface area (Å²) in [4.78, 5) is 51.5. The van der Waals surface area contributed by atoms with Gasteiger partial charge in [-0.1, -0.05) is 66.7 Å². The van der Waals surface area contributed by atoms with Crippen LogP contribution < -0.4 is 20.9 Å². The molecule has 0 aliphatic heterocycles. The largest absolute Gasteiger partial charge is 0.497 e. The van der Waals surface area contributed by atoms with Crippen LogP contribution in [-0.4, -0.2) is 47.1 Å². The Bertz CT molecular complexity index is 2730. The van der Waals surface area contributed by atoms with Crippen LogP contribution in [0.2, 0.25) is 0 Å². The van der Waals surface area contributed by atoms with Gasteiger partial charge in [0, 0.05) is 52.3 Å². The number of primary amides is 2. The fourth-order valence-electron chi connectivity index (χ4n) is 7.76. The third-order valence-electron chi connectivity index (χ3n) is 10.9. The molecule has 1 unspecified atom stereocenters. The molecule has 0 saturated carbocycles. The molecule has 0 bridgehead atoms. The average molecular weight is 815 g/mol. The molecule has 2 amide bonds. The number of benzene rings is 5. The van der Waals surface area contributed by atoms with Crippen molar-refractivity contribution in [3.63, 3.8) is 0 Å². The highest BCUT2D eigenvalue weighted by Gasteiger charge is 2.27. The van der Waals surface area contributed by atoms with Crippen LogP contribution in [0.25, 0.3) is 44.8 Å². The van der Waals surface area contributed by atoms with Crippen molar-refractivity contribution in [1.29, 1.82) is 0 Å². The van der Waals surface area contributed by atoms with Crippen LogP contribution >= 0.6 is 0 Å². The minimum atomic E-state index is -0.685. The molecule has 0 aliphatic rings. The molecule has 2 aromatic heterocycles. The van der Waals surface area contributed by atoms with E-state index in [9.17, 15) is 19.2 Å². The summed E-state index contributed by atoms with van der Waals surface area (Å²) < 4.78 is 20.3. The van der Waals surface area contributed by atoms with Gasteiger partial charge in [-0.2, -0.15) is 0 Å². The number of carbonyl (C=O) groups excluding carboxylic acids is 4. The van der Waals surface area contributed by atoms with Crippen LogP contribution in [0.15, 0.2) is 140 Å². The number of aryl methyl sites for hydroxylation is 3. The minimum Gasteiger partial charge on any atom is -0.497 e. The maximum absolute atomic E-state index is 13.9. The molecule has 61 heavy (non-hydrogen) atoms. The topological polar surface area (TPSA) is 158 Å². The van der Waals surface area contributed by atoms with Crippen LogP contribution in [0.1, 0.15) is 56.3 Å². The van der Waals surface area contributed by atoms with E-state index in [0.29, 0.717) is 22.6 Å². The van der Waals surface area contributed by atoms with Gasteiger partial charge >= 0.3 is 11.9 Å². The predicted octanol–water partition coefficient (Wildman–Crippen LogP) is 8.93. The highest BCUT2D eigenvalue weighted by atomic mass is 16.6. The number of rotatable bonds is 15. The fraction of sp³-hybridized carbons (Fsp3) is 0.160. The lowest BCUT2D eigenvalue weighted by atomic mass is 9.95. The lowest BCUT2D eigenvalue weighted by Gasteiger charge is -2.23. The predicted molar refractivity (Wildman–Crippen MR) is 235 cm³/mol. The van der Waals surface area contributed by atoms with Crippen LogP contribution in [0.5, 0.6) is 11.5 Å². The quantitative estimate of drug-likeness (QED) is 0.0773. The number of ether oxygens (including phenoxy) is 3. The highest BCUT2D eigenvalue weighted by molar-refractivity contribution is 5.95. The summed E-state index contributed by atoms with van der Waals surface area (Å²) in [5, 5.41) is 0. The van der Waals surface area contributed by atoms with Crippen LogP contribution in [0.3, 0.4) is 0 Å². The zero-order chi connectivity index (χ0) is 43.2. The normalized spacial score (nSPS) is 11.5. The second-order valence-corrected chi connectivity index (χ2v) is 14.7. The number of nitrogens with two attached hydrogens (primary N) is 2. The molecule has 11 heteroatoms. The monoisotopic (exact) mass is 814 g/mol. The van der Waals surface area contributed by atoms with Crippen molar-refractivity contribution in [3.8, 4) is 56.3 Å². The summed E-state index contributed by atoms with van der Waals surface area (Å²) in [6.07, 6.45) is 3.57. The summed E-state index contributed by atoms with van der Waals surface area (Å²) in [5.74, 6) is -0.992. The molecule has 1 atom stereocenters. The lowest BCUT2D eigenvalue weighted by Crippen LogP contribution is -2.20. The van der Waals surface area contributed by atoms with Gasteiger partial charge in [0.1, 0.15) is 11.5 Å². The van der Waals surface area contributed by atoms with Gasteiger partial charge in [-0.15, -0.1) is 0 Å². The van der Waals surface area contributed by atoms with Crippen molar-refractivity contribution in [2.45, 2.75) is 39.3 Å². The van der Waals surface area contributed by atoms with Crippen molar-refractivity contribution >= 4 is 23.8 Å². The van der Waals surface area contributed by atoms with Crippen molar-refractivity contribution < 1.29 is 33.4 Å². The summed E-state index contributed by atoms with van der Waals surface area (Å²) in [6.45, 7) is 4.03. The van der Waals surface area contributed by atoms with Crippen LogP contribution in [0.4, 0.5) is 0 Å². The zero-order valence-electron chi connectivity index (χ0n) is 34.4. The molecule has 2 heterocycles. The molecule has 308 valence electrons. The molecule has 0 fully saturated rings. The van der Waals surface area contributed by atoms with E-state index in [0.717, 1.165) is 61.5 Å². The first-order chi connectivity index (χ1) is 29.4. The molecular formula is C50H46N4O7. The maximum Gasteiger partial charge on any atom is 0.315 e. The Balaban J connectivity index is 1.18. The smallest absolute Gasteiger partial charge is 0.315 e. The van der Waals surface area contributed by atoms with Gasteiger partial charge in [0.15, 0.2) is 0 Å². The van der Waals surface area contributed by atoms with Crippen molar-refractivity contribution in [3.05, 3.63) is 168 Å². The van der Waals surface area contributed by atoms with Gasteiger partial charge in [0.25, 0.3) is 0 Å². The number of aromatic nitrogens is 2. The summed E-state index contributed by atoms with van der Waals surface area (Å²) >= 11 is 0. The third kappa shape index (κ3) is 9.01. The number of carbonyl (C=O) groups is 4. The van der Waals surface area contributed by atoms with Gasteiger partial charge in [0.2, 0.25) is 11.8 Å². The van der Waals surface area contributed by atoms with E-state index in [4.69, 9.17) is 25.7 Å². The highest BCUT2D eigenvalue weighted by Crippen LogP contribution is 2.40. The molecule has 7 rings (SSSR count). The second kappa shape index (κ2) is 18.1. The van der Waals surface area contributed by atoms with Crippen molar-refractivity contribution in [1.82, 2.24) is 9.13 Å². The van der Waals surface area contributed by atoms with Gasteiger partial charge in [0.05, 0.1) is 44.5 Å².